The normalized spacial score (nSPS) is 15.9. The first-order chi connectivity index (χ1) is 13.7. The Kier molecular flexibility index (Phi) is 5.78. The van der Waals surface area contributed by atoms with Crippen molar-refractivity contribution in [2.24, 2.45) is 0 Å². The van der Waals surface area contributed by atoms with Crippen molar-refractivity contribution in [3.63, 3.8) is 0 Å². The van der Waals surface area contributed by atoms with Gasteiger partial charge in [0, 0.05) is 44.1 Å². The predicted octanol–water partition coefficient (Wildman–Crippen LogP) is 3.13. The molecule has 0 bridgehead atoms. The lowest BCUT2D eigenvalue weighted by Gasteiger charge is -2.31. The molecule has 0 radical (unpaired) electrons. The van der Waals surface area contributed by atoms with Crippen LogP contribution in [0.3, 0.4) is 0 Å². The molecule has 1 N–H and O–H groups in total. The van der Waals surface area contributed by atoms with E-state index in [0.29, 0.717) is 24.7 Å². The highest BCUT2D eigenvalue weighted by Crippen LogP contribution is 2.24. The topological polar surface area (TPSA) is 80.1 Å². The van der Waals surface area contributed by atoms with Gasteiger partial charge >= 0.3 is 0 Å². The van der Waals surface area contributed by atoms with Crippen LogP contribution >= 0.6 is 0 Å². The van der Waals surface area contributed by atoms with E-state index in [2.05, 4.69) is 25.2 Å². The molecule has 0 atom stereocenters. The van der Waals surface area contributed by atoms with Crippen LogP contribution in [0.2, 0.25) is 0 Å². The van der Waals surface area contributed by atoms with Gasteiger partial charge in [-0.3, -0.25) is 10.00 Å². The zero-order valence-corrected chi connectivity index (χ0v) is 15.9. The summed E-state index contributed by atoms with van der Waals surface area (Å²) in [6.45, 7) is 5.16. The molecule has 1 fully saturated rings. The van der Waals surface area contributed by atoms with E-state index in [1.54, 1.807) is 19.1 Å². The molecule has 4 rings (SSSR count). The van der Waals surface area contributed by atoms with Crippen molar-refractivity contribution in [2.75, 3.05) is 19.7 Å². The van der Waals surface area contributed by atoms with Gasteiger partial charge in [0.15, 0.2) is 5.82 Å². The van der Waals surface area contributed by atoms with E-state index < -0.39 is 0 Å². The van der Waals surface area contributed by atoms with Crippen LogP contribution in [-0.4, -0.2) is 51.0 Å². The third-order valence-electron chi connectivity index (χ3n) is 5.03. The monoisotopic (exact) mass is 385 g/mol. The third kappa shape index (κ3) is 4.63. The summed E-state index contributed by atoms with van der Waals surface area (Å²) in [6.07, 6.45) is 4.79. The molecule has 0 spiro atoms. The van der Waals surface area contributed by atoms with Gasteiger partial charge in [-0.2, -0.15) is 10.1 Å². The van der Waals surface area contributed by atoms with Crippen LogP contribution in [0.4, 0.5) is 4.39 Å². The van der Waals surface area contributed by atoms with E-state index in [4.69, 9.17) is 9.26 Å². The Labute approximate surface area is 162 Å². The number of benzene rings is 1. The number of halogens is 1. The van der Waals surface area contributed by atoms with Gasteiger partial charge in [0.05, 0.1) is 24.6 Å². The number of nitrogens with zero attached hydrogens (tertiary/aromatic N) is 4. The number of aromatic amines is 1. The fraction of sp³-hybridized carbons (Fsp3) is 0.450. The molecule has 1 saturated heterocycles. The van der Waals surface area contributed by atoms with Gasteiger partial charge in [0.25, 0.3) is 0 Å². The molecule has 3 aromatic rings. The number of hydrogen-bond donors (Lipinski definition) is 1. The highest BCUT2D eigenvalue weighted by molar-refractivity contribution is 5.62. The largest absolute Gasteiger partial charge is 0.378 e. The van der Waals surface area contributed by atoms with E-state index in [1.165, 1.54) is 12.1 Å². The molecule has 8 heteroatoms. The first-order valence-corrected chi connectivity index (χ1v) is 9.59. The van der Waals surface area contributed by atoms with Crippen LogP contribution in [-0.2, 0) is 17.7 Å². The van der Waals surface area contributed by atoms with Crippen molar-refractivity contribution < 1.29 is 13.7 Å². The minimum absolute atomic E-state index is 0.235. The Bertz CT molecular complexity index is 884. The quantitative estimate of drug-likeness (QED) is 0.673. The zero-order chi connectivity index (χ0) is 19.3. The van der Waals surface area contributed by atoms with Crippen molar-refractivity contribution in [1.29, 1.82) is 0 Å². The number of likely N-dealkylation sites (tertiary alicyclic amines) is 1. The summed E-state index contributed by atoms with van der Waals surface area (Å²) in [7, 11) is 0. The van der Waals surface area contributed by atoms with Crippen molar-refractivity contribution in [3.05, 3.63) is 53.6 Å². The average Bonchev–Trinajstić information content (AvgIpc) is 3.33. The van der Waals surface area contributed by atoms with Crippen molar-refractivity contribution in [2.45, 2.75) is 38.8 Å². The molecular formula is C20H24FN5O2. The highest BCUT2D eigenvalue weighted by Gasteiger charge is 2.21. The number of aryl methyl sites for hydroxylation is 1. The molecule has 28 heavy (non-hydrogen) atoms. The number of aromatic nitrogens is 4. The number of hydrogen-bond acceptors (Lipinski definition) is 6. The molecule has 0 saturated carbocycles. The van der Waals surface area contributed by atoms with E-state index in [9.17, 15) is 4.39 Å². The highest BCUT2D eigenvalue weighted by atomic mass is 19.1. The third-order valence-corrected chi connectivity index (χ3v) is 5.03. The standard InChI is InChI=1S/C20H24FN5O2/c1-14-23-19(25-28-14)8-11-27-18-6-9-26(10-7-18)13-16-12-22-24-20(16)15-2-4-17(21)5-3-15/h2-5,12,18H,6-11,13H2,1H3,(H,22,24). The van der Waals surface area contributed by atoms with E-state index in [0.717, 1.165) is 49.3 Å². The SMILES string of the molecule is Cc1nc(CCOC2CCN(Cc3cn[nH]c3-c3ccc(F)cc3)CC2)no1. The lowest BCUT2D eigenvalue weighted by Crippen LogP contribution is -2.36. The lowest BCUT2D eigenvalue weighted by atomic mass is 10.0. The average molecular weight is 385 g/mol. The summed E-state index contributed by atoms with van der Waals surface area (Å²) < 4.78 is 24.1. The Morgan fingerprint density at radius 3 is 2.75 bits per heavy atom. The second-order valence-corrected chi connectivity index (χ2v) is 7.10. The van der Waals surface area contributed by atoms with Gasteiger partial charge in [-0.05, 0) is 37.1 Å². The minimum Gasteiger partial charge on any atom is -0.378 e. The number of nitrogens with one attached hydrogen (secondary N) is 1. The Morgan fingerprint density at radius 2 is 2.04 bits per heavy atom. The summed E-state index contributed by atoms with van der Waals surface area (Å²) in [6, 6.07) is 6.49. The van der Waals surface area contributed by atoms with Gasteiger partial charge in [-0.25, -0.2) is 4.39 Å². The second-order valence-electron chi connectivity index (χ2n) is 7.10. The van der Waals surface area contributed by atoms with Crippen LogP contribution < -0.4 is 0 Å². The summed E-state index contributed by atoms with van der Waals surface area (Å²) >= 11 is 0. The predicted molar refractivity (Wildman–Crippen MR) is 101 cm³/mol. The fourth-order valence-electron chi connectivity index (χ4n) is 3.53. The lowest BCUT2D eigenvalue weighted by molar-refractivity contribution is 0.00679. The Hall–Kier alpha value is -2.58. The number of rotatable bonds is 7. The summed E-state index contributed by atoms with van der Waals surface area (Å²) in [5.74, 6) is 1.05. The van der Waals surface area contributed by atoms with E-state index in [-0.39, 0.29) is 11.9 Å². The summed E-state index contributed by atoms with van der Waals surface area (Å²) in [5, 5.41) is 11.1. The Morgan fingerprint density at radius 1 is 1.25 bits per heavy atom. The fourth-order valence-corrected chi connectivity index (χ4v) is 3.53. The molecule has 0 aliphatic carbocycles. The van der Waals surface area contributed by atoms with E-state index in [1.807, 2.05) is 6.20 Å². The maximum absolute atomic E-state index is 13.2. The van der Waals surface area contributed by atoms with E-state index >= 15 is 0 Å². The van der Waals surface area contributed by atoms with Gasteiger partial charge in [-0.15, -0.1) is 0 Å². The van der Waals surface area contributed by atoms with Crippen LogP contribution in [0.25, 0.3) is 11.3 Å². The smallest absolute Gasteiger partial charge is 0.223 e. The molecule has 148 valence electrons. The zero-order valence-electron chi connectivity index (χ0n) is 15.9. The van der Waals surface area contributed by atoms with Crippen molar-refractivity contribution >= 4 is 0 Å². The molecule has 0 amide bonds. The summed E-state index contributed by atoms with van der Waals surface area (Å²) in [5.41, 5.74) is 3.02. The van der Waals surface area contributed by atoms with Gasteiger partial charge in [0.2, 0.25) is 5.89 Å². The maximum atomic E-state index is 13.2. The molecule has 1 aliphatic heterocycles. The first-order valence-electron chi connectivity index (χ1n) is 9.59. The molecule has 2 aromatic heterocycles. The number of piperidine rings is 1. The maximum Gasteiger partial charge on any atom is 0.223 e. The molecule has 3 heterocycles. The molecule has 1 aliphatic rings. The first kappa shape index (κ1) is 18.8. The van der Waals surface area contributed by atoms with Gasteiger partial charge in [-0.1, -0.05) is 5.16 Å². The van der Waals surface area contributed by atoms with Gasteiger partial charge < -0.3 is 9.26 Å². The van der Waals surface area contributed by atoms with Crippen LogP contribution in [0.5, 0.6) is 0 Å². The number of H-pyrrole nitrogens is 1. The van der Waals surface area contributed by atoms with Crippen molar-refractivity contribution in [1.82, 2.24) is 25.2 Å². The summed E-state index contributed by atoms with van der Waals surface area (Å²) in [4.78, 5) is 6.59. The molecule has 1 aromatic carbocycles. The minimum atomic E-state index is -0.235. The van der Waals surface area contributed by atoms with Gasteiger partial charge in [0.1, 0.15) is 5.82 Å². The second kappa shape index (κ2) is 8.62. The molecule has 0 unspecified atom stereocenters. The molecule has 7 nitrogen and oxygen atoms in total. The van der Waals surface area contributed by atoms with Crippen LogP contribution in [0, 0.1) is 12.7 Å². The Balaban J connectivity index is 1.25. The van der Waals surface area contributed by atoms with Crippen LogP contribution in [0.15, 0.2) is 35.0 Å². The number of ether oxygens (including phenoxy) is 1. The molecular weight excluding hydrogens is 361 g/mol. The van der Waals surface area contributed by atoms with Crippen molar-refractivity contribution in [3.8, 4) is 11.3 Å². The van der Waals surface area contributed by atoms with Crippen LogP contribution in [0.1, 0.15) is 30.1 Å².